The zero-order valence-corrected chi connectivity index (χ0v) is 5.34. The molecule has 1 rings (SSSR count). The molecule has 54 valence electrons. The van der Waals surface area contributed by atoms with Crippen LogP contribution in [0.15, 0.2) is 17.1 Å². The number of nitrogens with zero attached hydrogens (tertiary/aromatic N) is 2. The van der Waals surface area contributed by atoms with E-state index in [0.29, 0.717) is 0 Å². The number of anilines is 1. The Kier molecular flexibility index (Phi) is 1.66. The number of aromatic nitrogens is 2. The lowest BCUT2D eigenvalue weighted by Crippen LogP contribution is -2.19. The van der Waals surface area contributed by atoms with Crippen molar-refractivity contribution in [1.29, 1.82) is 0 Å². The van der Waals surface area contributed by atoms with E-state index in [-0.39, 0.29) is 5.82 Å². The van der Waals surface area contributed by atoms with Gasteiger partial charge in [-0.15, -0.1) is 4.48 Å². The van der Waals surface area contributed by atoms with Gasteiger partial charge in [0.15, 0.2) is 5.82 Å². The average molecular weight is 143 g/mol. The number of hydrogen-bond acceptors (Lipinski definition) is 3. The second-order valence-corrected chi connectivity index (χ2v) is 1.80. The summed E-state index contributed by atoms with van der Waals surface area (Å²) in [4.78, 5) is 14.0. The second kappa shape index (κ2) is 2.47. The molecule has 0 aromatic carbocycles. The summed E-state index contributed by atoms with van der Waals surface area (Å²) >= 11 is 0. The van der Waals surface area contributed by atoms with E-state index < -0.39 is 5.69 Å². The van der Waals surface area contributed by atoms with Crippen molar-refractivity contribution in [2.75, 3.05) is 5.54 Å². The SMILES string of the molecule is Cn1ccc(NF)nc1=O. The molecular formula is C5H6FN3O. The number of aryl methyl sites for hydroxylation is 1. The highest BCUT2D eigenvalue weighted by atomic mass is 19.2. The normalized spacial score (nSPS) is 9.40. The number of hydrogen-bond donors (Lipinski definition) is 1. The van der Waals surface area contributed by atoms with Crippen molar-refractivity contribution >= 4 is 5.82 Å². The lowest BCUT2D eigenvalue weighted by molar-refractivity contribution is 0.608. The van der Waals surface area contributed by atoms with Gasteiger partial charge < -0.3 is 4.57 Å². The van der Waals surface area contributed by atoms with E-state index in [2.05, 4.69) is 4.98 Å². The molecule has 0 aliphatic rings. The zero-order valence-electron chi connectivity index (χ0n) is 5.34. The standard InChI is InChI=1S/C5H6FN3O/c1-9-3-2-4(8-6)7-5(9)10/h2-3H,1H3,(H,7,8,10). The Balaban J connectivity index is 3.17. The summed E-state index contributed by atoms with van der Waals surface area (Å²) in [7, 11) is 1.54. The third kappa shape index (κ3) is 1.12. The van der Waals surface area contributed by atoms with Crippen LogP contribution in [0.4, 0.5) is 10.3 Å². The molecule has 0 radical (unpaired) electrons. The maximum atomic E-state index is 11.6. The van der Waals surface area contributed by atoms with Crippen LogP contribution in [-0.4, -0.2) is 9.55 Å². The molecule has 1 heterocycles. The molecule has 0 aliphatic heterocycles. The first-order valence-corrected chi connectivity index (χ1v) is 2.64. The van der Waals surface area contributed by atoms with Crippen LogP contribution in [-0.2, 0) is 7.05 Å². The molecule has 0 saturated heterocycles. The van der Waals surface area contributed by atoms with Crippen molar-refractivity contribution in [3.63, 3.8) is 0 Å². The first kappa shape index (κ1) is 6.73. The maximum Gasteiger partial charge on any atom is 0.349 e. The third-order valence-corrected chi connectivity index (χ3v) is 1.07. The van der Waals surface area contributed by atoms with Gasteiger partial charge in [0, 0.05) is 13.2 Å². The molecule has 1 aromatic heterocycles. The summed E-state index contributed by atoms with van der Waals surface area (Å²) in [5.74, 6) is -0.0666. The van der Waals surface area contributed by atoms with Crippen LogP contribution in [0, 0.1) is 0 Å². The molecule has 0 fully saturated rings. The maximum absolute atomic E-state index is 11.6. The summed E-state index contributed by atoms with van der Waals surface area (Å²) in [5.41, 5.74) is 0.787. The predicted molar refractivity (Wildman–Crippen MR) is 34.2 cm³/mol. The van der Waals surface area contributed by atoms with Gasteiger partial charge in [-0.05, 0) is 6.07 Å². The molecule has 0 aliphatic carbocycles. The van der Waals surface area contributed by atoms with Crippen molar-refractivity contribution in [1.82, 2.24) is 9.55 Å². The van der Waals surface area contributed by atoms with Crippen molar-refractivity contribution in [3.05, 3.63) is 22.7 Å². The van der Waals surface area contributed by atoms with Crippen molar-refractivity contribution in [2.24, 2.45) is 7.05 Å². The van der Waals surface area contributed by atoms with Crippen LogP contribution in [0.1, 0.15) is 0 Å². The van der Waals surface area contributed by atoms with E-state index in [0.717, 1.165) is 0 Å². The monoisotopic (exact) mass is 143 g/mol. The van der Waals surface area contributed by atoms with Crippen LogP contribution >= 0.6 is 0 Å². The highest BCUT2D eigenvalue weighted by Crippen LogP contribution is 1.94. The fourth-order valence-electron chi connectivity index (χ4n) is 0.518. The Morgan fingerprint density at radius 3 is 3.00 bits per heavy atom. The first-order chi connectivity index (χ1) is 4.74. The van der Waals surface area contributed by atoms with Crippen LogP contribution in [0.3, 0.4) is 0 Å². The topological polar surface area (TPSA) is 46.9 Å². The molecule has 0 spiro atoms. The van der Waals surface area contributed by atoms with E-state index in [1.54, 1.807) is 0 Å². The van der Waals surface area contributed by atoms with Gasteiger partial charge in [-0.2, -0.15) is 4.98 Å². The van der Waals surface area contributed by atoms with Gasteiger partial charge in [0.1, 0.15) is 0 Å². The lowest BCUT2D eigenvalue weighted by atomic mass is 10.6. The van der Waals surface area contributed by atoms with Gasteiger partial charge in [-0.25, -0.2) is 10.3 Å². The minimum Gasteiger partial charge on any atom is -0.302 e. The lowest BCUT2D eigenvalue weighted by Gasteiger charge is -1.95. The molecule has 0 saturated carbocycles. The molecule has 4 nitrogen and oxygen atoms in total. The van der Waals surface area contributed by atoms with E-state index >= 15 is 0 Å². The Morgan fingerprint density at radius 1 is 1.80 bits per heavy atom. The Morgan fingerprint density at radius 2 is 2.50 bits per heavy atom. The van der Waals surface area contributed by atoms with Gasteiger partial charge in [-0.1, -0.05) is 0 Å². The summed E-state index contributed by atoms with van der Waals surface area (Å²) in [5, 5.41) is 0. The smallest absolute Gasteiger partial charge is 0.302 e. The highest BCUT2D eigenvalue weighted by molar-refractivity contribution is 5.27. The summed E-state index contributed by atoms with van der Waals surface area (Å²) in [6, 6.07) is 1.36. The molecule has 0 atom stereocenters. The Bertz CT molecular complexity index is 282. The number of rotatable bonds is 1. The molecular weight excluding hydrogens is 137 g/mol. The minimum absolute atomic E-state index is 0.0666. The highest BCUT2D eigenvalue weighted by Gasteiger charge is 1.93. The summed E-state index contributed by atoms with van der Waals surface area (Å²) in [6.45, 7) is 0. The van der Waals surface area contributed by atoms with E-state index in [1.807, 2.05) is 0 Å². The van der Waals surface area contributed by atoms with Crippen LogP contribution in [0.25, 0.3) is 0 Å². The molecule has 1 N–H and O–H groups in total. The van der Waals surface area contributed by atoms with E-state index in [1.165, 1.54) is 29.4 Å². The molecule has 0 bridgehead atoms. The number of nitrogens with one attached hydrogen (secondary N) is 1. The van der Waals surface area contributed by atoms with Crippen molar-refractivity contribution < 1.29 is 4.48 Å². The van der Waals surface area contributed by atoms with Crippen molar-refractivity contribution in [2.45, 2.75) is 0 Å². The Labute approximate surface area is 56.3 Å². The quantitative estimate of drug-likeness (QED) is 0.566. The minimum atomic E-state index is -0.484. The molecule has 0 unspecified atom stereocenters. The van der Waals surface area contributed by atoms with E-state index in [9.17, 15) is 9.28 Å². The largest absolute Gasteiger partial charge is 0.349 e. The molecule has 5 heteroatoms. The van der Waals surface area contributed by atoms with Crippen LogP contribution in [0.5, 0.6) is 0 Å². The Hall–Kier alpha value is -1.39. The molecule has 0 amide bonds. The van der Waals surface area contributed by atoms with Gasteiger partial charge >= 0.3 is 5.69 Å². The van der Waals surface area contributed by atoms with Gasteiger partial charge in [0.2, 0.25) is 0 Å². The summed E-state index contributed by atoms with van der Waals surface area (Å²) in [6.07, 6.45) is 1.43. The van der Waals surface area contributed by atoms with Crippen molar-refractivity contribution in [3.8, 4) is 0 Å². The summed E-state index contributed by atoms with van der Waals surface area (Å²) < 4.78 is 12.8. The molecule has 1 aromatic rings. The van der Waals surface area contributed by atoms with Crippen LogP contribution < -0.4 is 11.2 Å². The first-order valence-electron chi connectivity index (χ1n) is 2.64. The van der Waals surface area contributed by atoms with E-state index in [4.69, 9.17) is 0 Å². The third-order valence-electron chi connectivity index (χ3n) is 1.07. The molecule has 10 heavy (non-hydrogen) atoms. The predicted octanol–water partition coefficient (Wildman–Crippen LogP) is 0.0767. The van der Waals surface area contributed by atoms with Crippen LogP contribution in [0.2, 0.25) is 0 Å². The average Bonchev–Trinajstić information content (AvgIpc) is 1.95. The zero-order chi connectivity index (χ0) is 7.56. The fraction of sp³-hybridized carbons (Fsp3) is 0.200. The van der Waals surface area contributed by atoms with Gasteiger partial charge in [0.05, 0.1) is 0 Å². The fourth-order valence-corrected chi connectivity index (χ4v) is 0.518. The van der Waals surface area contributed by atoms with Gasteiger partial charge in [0.25, 0.3) is 0 Å². The second-order valence-electron chi connectivity index (χ2n) is 1.80. The number of halogens is 1. The van der Waals surface area contributed by atoms with Gasteiger partial charge in [-0.3, -0.25) is 0 Å².